The topological polar surface area (TPSA) is 69.7 Å². The van der Waals surface area contributed by atoms with Crippen LogP contribution in [0.3, 0.4) is 0 Å². The molecule has 7 heteroatoms. The first-order chi connectivity index (χ1) is 9.82. The predicted octanol–water partition coefficient (Wildman–Crippen LogP) is 1.50. The van der Waals surface area contributed by atoms with Crippen molar-refractivity contribution in [2.45, 2.75) is 69.5 Å². The predicted molar refractivity (Wildman–Crippen MR) is 74.7 cm³/mol. The van der Waals surface area contributed by atoms with E-state index in [4.69, 9.17) is 5.73 Å². The Labute approximate surface area is 124 Å². The number of aliphatic hydroxyl groups excluding tert-OH is 2. The Hall–Kier alpha value is -0.370. The van der Waals surface area contributed by atoms with Crippen LogP contribution in [-0.2, 0) is 0 Å². The molecule has 1 fully saturated rings. The maximum absolute atomic E-state index is 13.1. The molecule has 1 rings (SSSR count). The van der Waals surface area contributed by atoms with Crippen LogP contribution in [0.15, 0.2) is 0 Å². The molecule has 1 saturated carbocycles. The molecule has 0 bridgehead atoms. The van der Waals surface area contributed by atoms with Crippen LogP contribution in [0, 0.1) is 5.92 Å². The van der Waals surface area contributed by atoms with E-state index >= 15 is 0 Å². The summed E-state index contributed by atoms with van der Waals surface area (Å²) in [5.74, 6) is 0.434. The smallest absolute Gasteiger partial charge is 0.282 e. The Balaban J connectivity index is 2.39. The summed E-state index contributed by atoms with van der Waals surface area (Å²) in [5.41, 5.74) is 5.89. The molecule has 0 spiro atoms. The lowest BCUT2D eigenvalue weighted by Gasteiger charge is -2.31. The minimum atomic E-state index is -3.14. The molecule has 126 valence electrons. The minimum Gasteiger partial charge on any atom is -0.389 e. The maximum Gasteiger partial charge on any atom is 0.282 e. The van der Waals surface area contributed by atoms with Crippen LogP contribution in [0.1, 0.15) is 38.5 Å². The van der Waals surface area contributed by atoms with Crippen molar-refractivity contribution in [2.24, 2.45) is 11.7 Å². The van der Waals surface area contributed by atoms with Crippen LogP contribution >= 0.6 is 0 Å². The van der Waals surface area contributed by atoms with Crippen LogP contribution in [0.25, 0.3) is 0 Å². The zero-order valence-corrected chi connectivity index (χ0v) is 12.5. The van der Waals surface area contributed by atoms with Crippen molar-refractivity contribution in [3.8, 4) is 0 Å². The van der Waals surface area contributed by atoms with E-state index in [0.29, 0.717) is 17.2 Å². The number of likely N-dealkylation sites (N-methyl/N-ethyl adjacent to an activating group) is 1. The van der Waals surface area contributed by atoms with Gasteiger partial charge in [-0.25, -0.2) is 13.2 Å². The number of nitrogens with two attached hydrogens (primary N) is 1. The van der Waals surface area contributed by atoms with E-state index in [9.17, 15) is 23.4 Å². The van der Waals surface area contributed by atoms with Crippen molar-refractivity contribution in [3.05, 3.63) is 0 Å². The molecule has 1 aliphatic rings. The van der Waals surface area contributed by atoms with Gasteiger partial charge in [0, 0.05) is 12.6 Å². The second-order valence-electron chi connectivity index (χ2n) is 6.11. The van der Waals surface area contributed by atoms with Gasteiger partial charge in [0.2, 0.25) is 6.30 Å². The molecule has 4 N–H and O–H groups in total. The lowest BCUT2D eigenvalue weighted by Crippen LogP contribution is -2.50. The molecule has 4 atom stereocenters. The van der Waals surface area contributed by atoms with Crippen molar-refractivity contribution < 1.29 is 23.4 Å². The number of hydrogen-bond acceptors (Lipinski definition) is 4. The average Bonchev–Trinajstić information content (AvgIpc) is 2.46. The number of hydrogen-bond donors (Lipinski definition) is 3. The van der Waals surface area contributed by atoms with Crippen LogP contribution in [0.4, 0.5) is 13.2 Å². The lowest BCUT2D eigenvalue weighted by atomic mass is 9.83. The first kappa shape index (κ1) is 18.7. The number of nitrogens with zero attached hydrogens (tertiary/aromatic N) is 1. The van der Waals surface area contributed by atoms with Crippen molar-refractivity contribution in [3.63, 3.8) is 0 Å². The third-order valence-corrected chi connectivity index (χ3v) is 4.27. The molecule has 0 radical (unpaired) electrons. The summed E-state index contributed by atoms with van der Waals surface area (Å²) in [6.07, 6.45) is -1.94. The van der Waals surface area contributed by atoms with Gasteiger partial charge in [-0.15, -0.1) is 0 Å². The van der Waals surface area contributed by atoms with Gasteiger partial charge >= 0.3 is 0 Å². The zero-order chi connectivity index (χ0) is 16.0. The van der Waals surface area contributed by atoms with Gasteiger partial charge in [0.05, 0.1) is 12.2 Å². The number of alkyl halides is 3. The third-order valence-electron chi connectivity index (χ3n) is 4.27. The molecular weight excluding hydrogens is 285 g/mol. The molecule has 0 aliphatic heterocycles. The molecule has 0 saturated heterocycles. The Kier molecular flexibility index (Phi) is 7.94. The standard InChI is InChI=1S/C14H27F3N2O2/c1-19(14(17)13(15)16)8-11(20)12(21)10(18)7-9-5-3-2-4-6-9/h9-14,20-21H,2-8,18H2,1H3/t10-,11-,12+,14?/m0/s1. The van der Waals surface area contributed by atoms with E-state index in [0.717, 1.165) is 32.7 Å². The first-order valence-corrected chi connectivity index (χ1v) is 7.57. The third kappa shape index (κ3) is 6.10. The fraction of sp³-hybridized carbons (Fsp3) is 1.00. The molecule has 0 aromatic rings. The Morgan fingerprint density at radius 3 is 2.24 bits per heavy atom. The second-order valence-corrected chi connectivity index (χ2v) is 6.11. The highest BCUT2D eigenvalue weighted by Gasteiger charge is 2.31. The summed E-state index contributed by atoms with van der Waals surface area (Å²) in [6.45, 7) is -0.384. The van der Waals surface area contributed by atoms with Crippen LogP contribution in [0.2, 0.25) is 0 Å². The van der Waals surface area contributed by atoms with E-state index in [1.165, 1.54) is 6.42 Å². The number of rotatable bonds is 8. The quantitative estimate of drug-likeness (QED) is 0.594. The monoisotopic (exact) mass is 312 g/mol. The van der Waals surface area contributed by atoms with Crippen molar-refractivity contribution >= 4 is 0 Å². The van der Waals surface area contributed by atoms with Crippen molar-refractivity contribution in [2.75, 3.05) is 13.6 Å². The van der Waals surface area contributed by atoms with Crippen LogP contribution in [0.5, 0.6) is 0 Å². The molecule has 21 heavy (non-hydrogen) atoms. The fourth-order valence-corrected chi connectivity index (χ4v) is 2.93. The summed E-state index contributed by atoms with van der Waals surface area (Å²) in [7, 11) is 1.14. The molecule has 0 amide bonds. The van der Waals surface area contributed by atoms with Gasteiger partial charge in [-0.3, -0.25) is 4.90 Å². The normalized spacial score (nSPS) is 23.3. The van der Waals surface area contributed by atoms with E-state index in [1.807, 2.05) is 0 Å². The first-order valence-electron chi connectivity index (χ1n) is 7.57. The van der Waals surface area contributed by atoms with Gasteiger partial charge in [0.1, 0.15) is 0 Å². The van der Waals surface area contributed by atoms with E-state index < -0.39 is 31.0 Å². The zero-order valence-electron chi connectivity index (χ0n) is 12.5. The Bertz CT molecular complexity index is 291. The number of halogens is 3. The molecular formula is C14H27F3N2O2. The highest BCUT2D eigenvalue weighted by atomic mass is 19.3. The SMILES string of the molecule is CN(C[C@H](O)[C@H](O)[C@@H](N)CC1CCCCC1)C(F)C(F)F. The summed E-state index contributed by atoms with van der Waals surface area (Å²) in [4.78, 5) is 0.686. The Morgan fingerprint density at radius 1 is 1.14 bits per heavy atom. The largest absolute Gasteiger partial charge is 0.389 e. The van der Waals surface area contributed by atoms with Gasteiger partial charge < -0.3 is 15.9 Å². The second kappa shape index (κ2) is 8.92. The van der Waals surface area contributed by atoms with Gasteiger partial charge in [0.15, 0.2) is 0 Å². The fourth-order valence-electron chi connectivity index (χ4n) is 2.93. The average molecular weight is 312 g/mol. The molecule has 0 aromatic heterocycles. The van der Waals surface area contributed by atoms with Gasteiger partial charge in [-0.05, 0) is 19.4 Å². The minimum absolute atomic E-state index is 0.384. The summed E-state index contributed by atoms with van der Waals surface area (Å²) in [6, 6.07) is -0.624. The molecule has 1 unspecified atom stereocenters. The highest BCUT2D eigenvalue weighted by molar-refractivity contribution is 4.83. The van der Waals surface area contributed by atoms with Crippen molar-refractivity contribution in [1.82, 2.24) is 4.90 Å². The molecule has 0 heterocycles. The van der Waals surface area contributed by atoms with Gasteiger partial charge in [-0.2, -0.15) is 0 Å². The van der Waals surface area contributed by atoms with Gasteiger partial charge in [-0.1, -0.05) is 32.1 Å². The highest BCUT2D eigenvalue weighted by Crippen LogP contribution is 2.27. The molecule has 0 aromatic carbocycles. The van der Waals surface area contributed by atoms with Crippen molar-refractivity contribution in [1.29, 1.82) is 0 Å². The van der Waals surface area contributed by atoms with E-state index in [-0.39, 0.29) is 6.54 Å². The summed E-state index contributed by atoms with van der Waals surface area (Å²) < 4.78 is 37.5. The molecule has 4 nitrogen and oxygen atoms in total. The number of aliphatic hydroxyl groups is 2. The van der Waals surface area contributed by atoms with E-state index in [2.05, 4.69) is 0 Å². The Morgan fingerprint density at radius 2 is 1.71 bits per heavy atom. The maximum atomic E-state index is 13.1. The van der Waals surface area contributed by atoms with E-state index in [1.54, 1.807) is 0 Å². The summed E-state index contributed by atoms with van der Waals surface area (Å²) in [5, 5.41) is 19.8. The van der Waals surface area contributed by atoms with Crippen LogP contribution in [-0.4, -0.2) is 59.7 Å². The summed E-state index contributed by atoms with van der Waals surface area (Å²) >= 11 is 0. The van der Waals surface area contributed by atoms with Crippen LogP contribution < -0.4 is 5.73 Å². The molecule has 1 aliphatic carbocycles. The lowest BCUT2D eigenvalue weighted by molar-refractivity contribution is -0.0735. The van der Waals surface area contributed by atoms with Gasteiger partial charge in [0.25, 0.3) is 6.43 Å².